The number of nitrogens with zero attached hydrogens (tertiary/aromatic N) is 1. The third-order valence-electron chi connectivity index (χ3n) is 4.53. The first-order valence-electron chi connectivity index (χ1n) is 7.38. The summed E-state index contributed by atoms with van der Waals surface area (Å²) in [5.74, 6) is 0.427. The van der Waals surface area contributed by atoms with Crippen molar-refractivity contribution in [2.24, 2.45) is 5.73 Å². The SMILES string of the molecule is NCC1CCCCN1C(=O)C1CCCc2sccc21. The van der Waals surface area contributed by atoms with Crippen molar-refractivity contribution in [2.75, 3.05) is 13.1 Å². The van der Waals surface area contributed by atoms with Gasteiger partial charge in [-0.25, -0.2) is 0 Å². The smallest absolute Gasteiger partial charge is 0.230 e. The second-order valence-corrected chi connectivity index (χ2v) is 6.66. The van der Waals surface area contributed by atoms with Gasteiger partial charge in [0.1, 0.15) is 0 Å². The third-order valence-corrected chi connectivity index (χ3v) is 5.53. The summed E-state index contributed by atoms with van der Waals surface area (Å²) in [4.78, 5) is 16.4. The van der Waals surface area contributed by atoms with E-state index < -0.39 is 0 Å². The standard InChI is InChI=1S/C15H22N2OS/c16-10-11-4-1-2-8-17(11)15(18)13-5-3-6-14-12(13)7-9-19-14/h7,9,11,13H,1-6,8,10,16H2. The first kappa shape index (κ1) is 13.1. The van der Waals surface area contributed by atoms with Gasteiger partial charge in [0.15, 0.2) is 0 Å². The summed E-state index contributed by atoms with van der Waals surface area (Å²) in [6.45, 7) is 1.51. The fourth-order valence-corrected chi connectivity index (χ4v) is 4.47. The van der Waals surface area contributed by atoms with E-state index in [-0.39, 0.29) is 12.0 Å². The molecule has 2 heterocycles. The van der Waals surface area contributed by atoms with Crippen molar-refractivity contribution in [3.8, 4) is 0 Å². The second-order valence-electron chi connectivity index (χ2n) is 5.66. The molecule has 0 saturated carbocycles. The lowest BCUT2D eigenvalue weighted by Gasteiger charge is -2.38. The van der Waals surface area contributed by atoms with E-state index in [1.807, 2.05) is 0 Å². The number of hydrogen-bond donors (Lipinski definition) is 1. The average Bonchev–Trinajstić information content (AvgIpc) is 2.94. The van der Waals surface area contributed by atoms with Crippen molar-refractivity contribution >= 4 is 17.2 Å². The first-order chi connectivity index (χ1) is 9.31. The maximum atomic E-state index is 12.9. The van der Waals surface area contributed by atoms with Gasteiger partial charge >= 0.3 is 0 Å². The molecule has 3 nitrogen and oxygen atoms in total. The zero-order valence-corrected chi connectivity index (χ0v) is 12.1. The molecule has 0 aromatic carbocycles. The highest BCUT2D eigenvalue weighted by molar-refractivity contribution is 7.10. The summed E-state index contributed by atoms with van der Waals surface area (Å²) < 4.78 is 0. The Balaban J connectivity index is 1.81. The molecule has 1 fully saturated rings. The number of carbonyl (C=O) groups excluding carboxylic acids is 1. The Morgan fingerprint density at radius 3 is 3.11 bits per heavy atom. The van der Waals surface area contributed by atoms with E-state index in [9.17, 15) is 4.79 Å². The number of nitrogens with two attached hydrogens (primary N) is 1. The van der Waals surface area contributed by atoms with Gasteiger partial charge in [-0.05, 0) is 55.5 Å². The summed E-state index contributed by atoms with van der Waals surface area (Å²) in [6.07, 6.45) is 6.72. The van der Waals surface area contributed by atoms with E-state index in [2.05, 4.69) is 16.3 Å². The van der Waals surface area contributed by atoms with Crippen molar-refractivity contribution in [2.45, 2.75) is 50.5 Å². The molecule has 2 aliphatic rings. The number of amides is 1. The van der Waals surface area contributed by atoms with Gasteiger partial charge in [0.25, 0.3) is 0 Å². The lowest BCUT2D eigenvalue weighted by molar-refractivity contribution is -0.136. The van der Waals surface area contributed by atoms with Crippen molar-refractivity contribution < 1.29 is 4.79 Å². The number of rotatable bonds is 2. The Bertz CT molecular complexity index is 457. The maximum Gasteiger partial charge on any atom is 0.230 e. The predicted octanol–water partition coefficient (Wildman–Crippen LogP) is 2.51. The van der Waals surface area contributed by atoms with Gasteiger partial charge < -0.3 is 10.6 Å². The lowest BCUT2D eigenvalue weighted by atomic mass is 9.85. The summed E-state index contributed by atoms with van der Waals surface area (Å²) in [7, 11) is 0. The van der Waals surface area contributed by atoms with E-state index >= 15 is 0 Å². The van der Waals surface area contributed by atoms with E-state index in [0.717, 1.165) is 38.6 Å². The normalized spacial score (nSPS) is 27.1. The Morgan fingerprint density at radius 2 is 2.26 bits per heavy atom. The minimum Gasteiger partial charge on any atom is -0.338 e. The minimum atomic E-state index is 0.0992. The van der Waals surface area contributed by atoms with Crippen LogP contribution in [0.1, 0.15) is 48.5 Å². The Morgan fingerprint density at radius 1 is 1.37 bits per heavy atom. The molecule has 1 aliphatic carbocycles. The molecule has 19 heavy (non-hydrogen) atoms. The molecular weight excluding hydrogens is 256 g/mol. The lowest BCUT2D eigenvalue weighted by Crippen LogP contribution is -2.49. The van der Waals surface area contributed by atoms with Gasteiger partial charge in [-0.3, -0.25) is 4.79 Å². The number of likely N-dealkylation sites (tertiary alicyclic amines) is 1. The highest BCUT2D eigenvalue weighted by Crippen LogP contribution is 2.37. The van der Waals surface area contributed by atoms with Gasteiger partial charge in [-0.1, -0.05) is 0 Å². The largest absolute Gasteiger partial charge is 0.338 e. The van der Waals surface area contributed by atoms with Gasteiger partial charge in [-0.2, -0.15) is 0 Å². The molecule has 0 radical (unpaired) electrons. The van der Waals surface area contributed by atoms with Crippen LogP contribution in [0.5, 0.6) is 0 Å². The van der Waals surface area contributed by atoms with Crippen molar-refractivity contribution in [3.05, 3.63) is 21.9 Å². The second kappa shape index (κ2) is 5.63. The summed E-state index contributed by atoms with van der Waals surface area (Å²) >= 11 is 1.80. The van der Waals surface area contributed by atoms with Crippen LogP contribution in [0.25, 0.3) is 0 Å². The van der Waals surface area contributed by atoms with E-state index in [4.69, 9.17) is 5.73 Å². The molecule has 1 aliphatic heterocycles. The molecule has 104 valence electrons. The number of hydrogen-bond acceptors (Lipinski definition) is 3. The molecular formula is C15H22N2OS. The zero-order valence-electron chi connectivity index (χ0n) is 11.3. The fraction of sp³-hybridized carbons (Fsp3) is 0.667. The maximum absolute atomic E-state index is 12.9. The van der Waals surface area contributed by atoms with Crippen LogP contribution in [0, 0.1) is 0 Å². The van der Waals surface area contributed by atoms with Crippen LogP contribution < -0.4 is 5.73 Å². The molecule has 3 rings (SSSR count). The van der Waals surface area contributed by atoms with Crippen LogP contribution in [-0.2, 0) is 11.2 Å². The highest BCUT2D eigenvalue weighted by atomic mass is 32.1. The van der Waals surface area contributed by atoms with E-state index in [1.165, 1.54) is 16.9 Å². The molecule has 2 unspecified atom stereocenters. The number of aryl methyl sites for hydroxylation is 1. The van der Waals surface area contributed by atoms with Gasteiger partial charge in [0.05, 0.1) is 5.92 Å². The van der Waals surface area contributed by atoms with Gasteiger partial charge in [-0.15, -0.1) is 11.3 Å². The van der Waals surface area contributed by atoms with Crippen LogP contribution in [0.2, 0.25) is 0 Å². The topological polar surface area (TPSA) is 46.3 Å². The molecule has 1 amide bonds. The number of fused-ring (bicyclic) bond motifs is 1. The van der Waals surface area contributed by atoms with Gasteiger partial charge in [0, 0.05) is 24.0 Å². The van der Waals surface area contributed by atoms with Crippen LogP contribution >= 0.6 is 11.3 Å². The quantitative estimate of drug-likeness (QED) is 0.903. The predicted molar refractivity (Wildman–Crippen MR) is 78.4 cm³/mol. The molecule has 1 saturated heterocycles. The number of thiophene rings is 1. The monoisotopic (exact) mass is 278 g/mol. The highest BCUT2D eigenvalue weighted by Gasteiger charge is 2.34. The molecule has 4 heteroatoms. The fourth-order valence-electron chi connectivity index (χ4n) is 3.48. The Hall–Kier alpha value is -0.870. The summed E-state index contributed by atoms with van der Waals surface area (Å²) in [5.41, 5.74) is 7.14. The Labute approximate surface area is 118 Å². The van der Waals surface area contributed by atoms with Crippen molar-refractivity contribution in [3.63, 3.8) is 0 Å². The molecule has 2 atom stereocenters. The van der Waals surface area contributed by atoms with Crippen LogP contribution in [-0.4, -0.2) is 29.9 Å². The van der Waals surface area contributed by atoms with Gasteiger partial charge in [0.2, 0.25) is 5.91 Å². The van der Waals surface area contributed by atoms with E-state index in [1.54, 1.807) is 11.3 Å². The van der Waals surface area contributed by atoms with Crippen LogP contribution in [0.3, 0.4) is 0 Å². The van der Waals surface area contributed by atoms with E-state index in [0.29, 0.717) is 12.5 Å². The van der Waals surface area contributed by atoms with Crippen LogP contribution in [0.15, 0.2) is 11.4 Å². The van der Waals surface area contributed by atoms with Crippen LogP contribution in [0.4, 0.5) is 0 Å². The van der Waals surface area contributed by atoms with Crippen molar-refractivity contribution in [1.82, 2.24) is 4.90 Å². The first-order valence-corrected chi connectivity index (χ1v) is 8.26. The molecule has 1 aromatic heterocycles. The molecule has 0 bridgehead atoms. The molecule has 1 aromatic rings. The zero-order chi connectivity index (χ0) is 13.2. The van der Waals surface area contributed by atoms with Crippen molar-refractivity contribution in [1.29, 1.82) is 0 Å². The minimum absolute atomic E-state index is 0.0992. The third kappa shape index (κ3) is 2.43. The Kier molecular flexibility index (Phi) is 3.89. The summed E-state index contributed by atoms with van der Waals surface area (Å²) in [6, 6.07) is 2.42. The summed E-state index contributed by atoms with van der Waals surface area (Å²) in [5, 5.41) is 2.13. The number of piperidine rings is 1. The molecule has 0 spiro atoms. The number of carbonyl (C=O) groups is 1. The average molecular weight is 278 g/mol. The molecule has 2 N–H and O–H groups in total.